The lowest BCUT2D eigenvalue weighted by Gasteiger charge is -2.48. The number of amides is 4. The van der Waals surface area contributed by atoms with Gasteiger partial charge in [0.15, 0.2) is 18.2 Å². The SMILES string of the molecule is CNC(=O)COc1cc2cc(Nc3nc(N4CCC(O[C@H]5C[C@H](N6CCCN(c7ccc8c(c7)CN(C7CCC(=O)NC7=O)C8=O)C6)C5)CC4)ncc3Cl)ccc2n(C(C)C)c1=O. The van der Waals surface area contributed by atoms with E-state index in [0.717, 1.165) is 87.1 Å². The number of carbonyl (C=O) groups excluding carboxylic acids is 4. The number of carbonyl (C=O) groups is 4. The second-order valence-electron chi connectivity index (χ2n) is 17.4. The topological polar surface area (TPSA) is 184 Å². The van der Waals surface area contributed by atoms with Crippen LogP contribution in [-0.4, -0.2) is 119 Å². The lowest BCUT2D eigenvalue weighted by molar-refractivity contribution is -0.137. The van der Waals surface area contributed by atoms with Crippen molar-refractivity contribution in [1.82, 2.24) is 35.0 Å². The van der Waals surface area contributed by atoms with Crippen LogP contribution in [-0.2, 0) is 25.7 Å². The van der Waals surface area contributed by atoms with E-state index in [4.69, 9.17) is 26.1 Å². The molecule has 2 aromatic heterocycles. The van der Waals surface area contributed by atoms with E-state index in [1.165, 1.54) is 7.05 Å². The third-order valence-electron chi connectivity index (χ3n) is 12.9. The normalized spacial score (nSPS) is 22.0. The minimum Gasteiger partial charge on any atom is -0.478 e. The molecule has 4 aromatic rings. The summed E-state index contributed by atoms with van der Waals surface area (Å²) >= 11 is 6.61. The number of piperidine rings is 2. The number of benzene rings is 2. The van der Waals surface area contributed by atoms with Crippen LogP contribution in [0.4, 0.5) is 23.1 Å². The largest absolute Gasteiger partial charge is 0.478 e. The van der Waals surface area contributed by atoms with Gasteiger partial charge in [0.25, 0.3) is 17.4 Å². The van der Waals surface area contributed by atoms with Crippen LogP contribution in [0.3, 0.4) is 0 Å². The van der Waals surface area contributed by atoms with Gasteiger partial charge in [-0.15, -0.1) is 0 Å². The van der Waals surface area contributed by atoms with Gasteiger partial charge in [0.2, 0.25) is 17.8 Å². The van der Waals surface area contributed by atoms with Gasteiger partial charge >= 0.3 is 0 Å². The van der Waals surface area contributed by atoms with Crippen molar-refractivity contribution in [2.75, 3.05) is 61.6 Å². The van der Waals surface area contributed by atoms with Gasteiger partial charge in [-0.25, -0.2) is 4.98 Å². The molecule has 4 fully saturated rings. The van der Waals surface area contributed by atoms with E-state index >= 15 is 0 Å². The lowest BCUT2D eigenvalue weighted by Crippen LogP contribution is -2.56. The second-order valence-corrected chi connectivity index (χ2v) is 17.8. The number of likely N-dealkylation sites (N-methyl/N-ethyl adjacent to an activating group) is 1. The Hall–Kier alpha value is -5.78. The van der Waals surface area contributed by atoms with Gasteiger partial charge in [-0.1, -0.05) is 11.6 Å². The summed E-state index contributed by atoms with van der Waals surface area (Å²) < 4.78 is 13.9. The van der Waals surface area contributed by atoms with E-state index < -0.39 is 11.9 Å². The van der Waals surface area contributed by atoms with Crippen molar-refractivity contribution >= 4 is 69.3 Å². The van der Waals surface area contributed by atoms with Crippen LogP contribution in [0.15, 0.2) is 53.5 Å². The van der Waals surface area contributed by atoms with Gasteiger partial charge in [-0.2, -0.15) is 4.98 Å². The van der Waals surface area contributed by atoms with Crippen molar-refractivity contribution in [3.63, 3.8) is 0 Å². The molecule has 4 aliphatic heterocycles. The summed E-state index contributed by atoms with van der Waals surface area (Å²) in [6.07, 6.45) is 7.35. The molecule has 1 saturated carbocycles. The molecule has 9 rings (SSSR count). The van der Waals surface area contributed by atoms with E-state index in [2.05, 4.69) is 41.7 Å². The van der Waals surface area contributed by atoms with Gasteiger partial charge < -0.3 is 39.4 Å². The van der Waals surface area contributed by atoms with Gasteiger partial charge in [0, 0.05) is 80.6 Å². The molecule has 3 N–H and O–H groups in total. The number of ether oxygens (including phenoxy) is 2. The van der Waals surface area contributed by atoms with Gasteiger partial charge in [-0.05, 0) is 100 Å². The molecule has 1 atom stereocenters. The highest BCUT2D eigenvalue weighted by Crippen LogP contribution is 2.36. The van der Waals surface area contributed by atoms with Crippen LogP contribution >= 0.6 is 11.6 Å². The Morgan fingerprint density at radius 1 is 0.968 bits per heavy atom. The molecule has 1 unspecified atom stereocenters. The number of imide groups is 1. The van der Waals surface area contributed by atoms with Crippen LogP contribution in [0.5, 0.6) is 5.75 Å². The van der Waals surface area contributed by atoms with Crippen LogP contribution in [0.1, 0.15) is 80.8 Å². The maximum atomic E-state index is 13.2. The van der Waals surface area contributed by atoms with Gasteiger partial charge in [-0.3, -0.25) is 34.2 Å². The number of fused-ring (bicyclic) bond motifs is 2. The first-order chi connectivity index (χ1) is 30.4. The van der Waals surface area contributed by atoms with Crippen molar-refractivity contribution < 1.29 is 28.7 Å². The number of aromatic nitrogens is 3. The molecule has 63 heavy (non-hydrogen) atoms. The molecule has 332 valence electrons. The number of hydrogen-bond donors (Lipinski definition) is 3. The number of nitrogens with one attached hydrogen (secondary N) is 3. The first-order valence-corrected chi connectivity index (χ1v) is 22.3. The fourth-order valence-corrected chi connectivity index (χ4v) is 9.61. The van der Waals surface area contributed by atoms with Crippen molar-refractivity contribution in [2.24, 2.45) is 0 Å². The Morgan fingerprint density at radius 2 is 1.78 bits per heavy atom. The highest BCUT2D eigenvalue weighted by Gasteiger charge is 2.41. The summed E-state index contributed by atoms with van der Waals surface area (Å²) in [6.45, 7) is 8.24. The molecule has 0 radical (unpaired) electrons. The number of anilines is 4. The smallest absolute Gasteiger partial charge is 0.293 e. The second kappa shape index (κ2) is 17.8. The minimum atomic E-state index is -0.619. The van der Waals surface area contributed by atoms with Crippen LogP contribution < -0.4 is 36.0 Å². The molecule has 1 aliphatic carbocycles. The van der Waals surface area contributed by atoms with Crippen LogP contribution in [0.2, 0.25) is 5.02 Å². The van der Waals surface area contributed by atoms with E-state index in [-0.39, 0.29) is 60.3 Å². The van der Waals surface area contributed by atoms with Crippen LogP contribution in [0.25, 0.3) is 10.9 Å². The Morgan fingerprint density at radius 3 is 2.54 bits per heavy atom. The highest BCUT2D eigenvalue weighted by molar-refractivity contribution is 6.33. The standard InChI is InChI=1S/C45H53ClN10O7/c1-26(2)56-36-8-5-29(17-27(36)19-38(44(56)61)62-24-40(58)47-3)49-41-35(46)22-48-45(51-41)52-15-11-32(12-16-52)63-33-20-31(21-33)54-14-4-13-53(25-54)30-6-7-34-28(18-30)23-55(43(34)60)37-9-10-39(57)50-42(37)59/h5-8,17-19,22,26,31-33,37H,4,9-16,20-21,23-25H2,1-3H3,(H,47,58)(H,48,49,51)(H,50,57,59)/t31-,33-,37?. The molecule has 0 spiro atoms. The third kappa shape index (κ3) is 8.78. The summed E-state index contributed by atoms with van der Waals surface area (Å²) in [7, 11) is 1.51. The molecule has 18 heteroatoms. The fraction of sp³-hybridized carbons (Fsp3) is 0.489. The lowest BCUT2D eigenvalue weighted by atomic mass is 9.87. The first kappa shape index (κ1) is 42.5. The van der Waals surface area contributed by atoms with Gasteiger partial charge in [0.1, 0.15) is 11.1 Å². The van der Waals surface area contributed by atoms with Crippen LogP contribution in [0, 0.1) is 0 Å². The van der Waals surface area contributed by atoms with E-state index in [1.807, 2.05) is 44.2 Å². The number of hydrogen-bond acceptors (Lipinski definition) is 13. The molecule has 17 nitrogen and oxygen atoms in total. The highest BCUT2D eigenvalue weighted by atomic mass is 35.5. The molecule has 2 aromatic carbocycles. The summed E-state index contributed by atoms with van der Waals surface area (Å²) in [4.78, 5) is 80.6. The molecule has 0 bridgehead atoms. The third-order valence-corrected chi connectivity index (χ3v) is 13.2. The first-order valence-electron chi connectivity index (χ1n) is 21.9. The van der Waals surface area contributed by atoms with E-state index in [0.29, 0.717) is 47.0 Å². The summed E-state index contributed by atoms with van der Waals surface area (Å²) in [6, 6.07) is 13.0. The number of nitrogens with zero attached hydrogens (tertiary/aromatic N) is 7. The molecular formula is C45H53ClN10O7. The maximum absolute atomic E-state index is 13.2. The predicted octanol–water partition coefficient (Wildman–Crippen LogP) is 4.34. The average Bonchev–Trinajstić information content (AvgIpc) is 3.59. The molecule has 6 heterocycles. The zero-order valence-corrected chi connectivity index (χ0v) is 36.5. The predicted molar refractivity (Wildman–Crippen MR) is 238 cm³/mol. The molecule has 5 aliphatic rings. The number of rotatable bonds is 12. The molecule has 3 saturated heterocycles. The Balaban J connectivity index is 0.763. The van der Waals surface area contributed by atoms with Crippen molar-refractivity contribution in [3.8, 4) is 5.75 Å². The van der Waals surface area contributed by atoms with Gasteiger partial charge in [0.05, 0.1) is 30.6 Å². The van der Waals surface area contributed by atoms with Crippen molar-refractivity contribution in [1.29, 1.82) is 0 Å². The zero-order chi connectivity index (χ0) is 43.9. The monoisotopic (exact) mass is 880 g/mol. The molecule has 4 amide bonds. The number of halogens is 1. The maximum Gasteiger partial charge on any atom is 0.293 e. The summed E-state index contributed by atoms with van der Waals surface area (Å²) in [5.74, 6) is -0.0252. The quantitative estimate of drug-likeness (QED) is 0.171. The van der Waals surface area contributed by atoms with Crippen molar-refractivity contribution in [3.05, 3.63) is 75.2 Å². The Kier molecular flexibility index (Phi) is 12.0. The number of pyridine rings is 1. The summed E-state index contributed by atoms with van der Waals surface area (Å²) in [5.41, 5.74) is 3.78. The zero-order valence-electron chi connectivity index (χ0n) is 35.8. The Bertz CT molecular complexity index is 2500. The molecular weight excluding hydrogens is 828 g/mol. The fourth-order valence-electron chi connectivity index (χ4n) is 9.47. The average molecular weight is 881 g/mol. The summed E-state index contributed by atoms with van der Waals surface area (Å²) in [5, 5.41) is 9.34. The van der Waals surface area contributed by atoms with E-state index in [1.54, 1.807) is 21.7 Å². The van der Waals surface area contributed by atoms with Crippen molar-refractivity contribution in [2.45, 2.75) is 95.7 Å². The minimum absolute atomic E-state index is 0.0922. The van der Waals surface area contributed by atoms with E-state index in [9.17, 15) is 24.0 Å². The Labute approximate surface area is 370 Å².